The minimum absolute atomic E-state index is 0.00209. The van der Waals surface area contributed by atoms with Gasteiger partial charge in [-0.15, -0.1) is 0 Å². The van der Waals surface area contributed by atoms with Crippen molar-refractivity contribution in [1.82, 2.24) is 14.5 Å². The zero-order valence-corrected chi connectivity index (χ0v) is 24.5. The number of nitrogens with zero attached hydrogens (tertiary/aromatic N) is 2. The van der Waals surface area contributed by atoms with E-state index in [1.165, 1.54) is 23.1 Å². The lowest BCUT2D eigenvalue weighted by Crippen LogP contribution is -2.54. The van der Waals surface area contributed by atoms with Crippen LogP contribution in [0, 0.1) is 0 Å². The van der Waals surface area contributed by atoms with Crippen molar-refractivity contribution in [3.63, 3.8) is 0 Å². The van der Waals surface area contributed by atoms with Crippen molar-refractivity contribution in [2.75, 3.05) is 6.54 Å². The third-order valence-electron chi connectivity index (χ3n) is 7.50. The predicted octanol–water partition coefficient (Wildman–Crippen LogP) is 4.84. The highest BCUT2D eigenvalue weighted by molar-refractivity contribution is 7.90. The van der Waals surface area contributed by atoms with Gasteiger partial charge >= 0.3 is 0 Å². The molecule has 5 rings (SSSR count). The quantitative estimate of drug-likeness (QED) is 0.372. The maximum Gasteiger partial charge on any atom is 0.269 e. The number of rotatable bonds is 9. The van der Waals surface area contributed by atoms with Gasteiger partial charge in [0, 0.05) is 19.0 Å². The van der Waals surface area contributed by atoms with Crippen LogP contribution in [0.25, 0.3) is 0 Å². The number of nitrogens with one attached hydrogen (secondary N) is 1. The van der Waals surface area contributed by atoms with Gasteiger partial charge in [0.05, 0.1) is 15.6 Å². The Morgan fingerprint density at radius 1 is 0.927 bits per heavy atom. The molecule has 3 aromatic rings. The molecule has 0 bridgehead atoms. The molecule has 1 atom stereocenters. The molecule has 0 spiro atoms. The van der Waals surface area contributed by atoms with Crippen molar-refractivity contribution in [3.05, 3.63) is 99.5 Å². The minimum atomic E-state index is -4.24. The fraction of sp³-hybridized carbons (Fsp3) is 0.300. The van der Waals surface area contributed by atoms with E-state index in [4.69, 9.17) is 23.2 Å². The second-order valence-corrected chi connectivity index (χ2v) is 12.9. The molecule has 1 heterocycles. The summed E-state index contributed by atoms with van der Waals surface area (Å²) >= 11 is 12.4. The van der Waals surface area contributed by atoms with Crippen LogP contribution < -0.4 is 5.32 Å². The van der Waals surface area contributed by atoms with Crippen LogP contribution in [-0.2, 0) is 32.6 Å². The Hall–Kier alpha value is -3.40. The molecule has 1 N–H and O–H groups in total. The van der Waals surface area contributed by atoms with Gasteiger partial charge < -0.3 is 10.2 Å². The molecule has 3 amide bonds. The smallest absolute Gasteiger partial charge is 0.269 e. The molecule has 214 valence electrons. The lowest BCUT2D eigenvalue weighted by molar-refractivity contribution is -0.141. The Morgan fingerprint density at radius 3 is 2.29 bits per heavy atom. The van der Waals surface area contributed by atoms with Gasteiger partial charge in [-0.05, 0) is 48.2 Å². The number of hydrogen-bond acceptors (Lipinski definition) is 5. The molecule has 0 saturated heterocycles. The van der Waals surface area contributed by atoms with Crippen molar-refractivity contribution in [2.45, 2.75) is 55.6 Å². The number of carbonyl (C=O) groups excluding carboxylic acids is 3. The summed E-state index contributed by atoms with van der Waals surface area (Å²) < 4.78 is 27.1. The standard InChI is InChI=1S/C30H29Cl2N3O5S/c31-24-15-14-21(16-25(24)32)18-34(28(36)19-35-30(38)23-12-6-7-13-27(23)41(35,39)40)26(17-20-8-2-1-3-9-20)29(37)33-22-10-4-5-11-22/h1-3,6-9,12-16,22,26H,4-5,10-11,17-19H2,(H,33,37). The summed E-state index contributed by atoms with van der Waals surface area (Å²) in [6.07, 6.45) is 3.91. The van der Waals surface area contributed by atoms with E-state index in [9.17, 15) is 22.8 Å². The summed E-state index contributed by atoms with van der Waals surface area (Å²) in [6, 6.07) is 19.0. The number of hydrogen-bond donors (Lipinski definition) is 1. The molecule has 1 aliphatic heterocycles. The second kappa shape index (κ2) is 12.2. The lowest BCUT2D eigenvalue weighted by Gasteiger charge is -2.33. The van der Waals surface area contributed by atoms with Crippen LogP contribution in [0.3, 0.4) is 0 Å². The van der Waals surface area contributed by atoms with Crippen molar-refractivity contribution < 1.29 is 22.8 Å². The molecule has 8 nitrogen and oxygen atoms in total. The maximum atomic E-state index is 14.0. The van der Waals surface area contributed by atoms with E-state index in [0.717, 1.165) is 31.2 Å². The molecule has 0 radical (unpaired) electrons. The Bertz CT molecular complexity index is 1580. The van der Waals surface area contributed by atoms with Gasteiger partial charge in [-0.1, -0.05) is 84.6 Å². The minimum Gasteiger partial charge on any atom is -0.352 e. The first kappa shape index (κ1) is 29.1. The molecule has 1 unspecified atom stereocenters. The van der Waals surface area contributed by atoms with E-state index in [1.807, 2.05) is 30.3 Å². The second-order valence-electron chi connectivity index (χ2n) is 10.3. The van der Waals surface area contributed by atoms with E-state index < -0.39 is 34.4 Å². The first-order chi connectivity index (χ1) is 19.6. The normalized spacial score (nSPS) is 16.8. The molecular formula is C30H29Cl2N3O5S. The molecule has 11 heteroatoms. The van der Waals surface area contributed by atoms with Crippen molar-refractivity contribution in [3.8, 4) is 0 Å². The summed E-state index contributed by atoms with van der Waals surface area (Å²) in [5, 5.41) is 3.71. The summed E-state index contributed by atoms with van der Waals surface area (Å²) in [4.78, 5) is 42.2. The highest BCUT2D eigenvalue weighted by Crippen LogP contribution is 2.31. The first-order valence-electron chi connectivity index (χ1n) is 13.4. The highest BCUT2D eigenvalue weighted by atomic mass is 35.5. The summed E-state index contributed by atoms with van der Waals surface area (Å²) in [7, 11) is -4.24. The lowest BCUT2D eigenvalue weighted by atomic mass is 10.0. The highest BCUT2D eigenvalue weighted by Gasteiger charge is 2.43. The number of fused-ring (bicyclic) bond motifs is 1. The summed E-state index contributed by atoms with van der Waals surface area (Å²) in [5.74, 6) is -1.81. The number of sulfonamides is 1. The van der Waals surface area contributed by atoms with Gasteiger partial charge in [-0.2, -0.15) is 0 Å². The van der Waals surface area contributed by atoms with Crippen molar-refractivity contribution >= 4 is 50.9 Å². The molecule has 1 fully saturated rings. The van der Waals surface area contributed by atoms with Gasteiger partial charge in [0.2, 0.25) is 11.8 Å². The van der Waals surface area contributed by atoms with Crippen LogP contribution in [0.2, 0.25) is 10.0 Å². The summed E-state index contributed by atoms with van der Waals surface area (Å²) in [6.45, 7) is -0.806. The van der Waals surface area contributed by atoms with Crippen LogP contribution in [0.15, 0.2) is 77.7 Å². The third-order valence-corrected chi connectivity index (χ3v) is 10.0. The summed E-state index contributed by atoms with van der Waals surface area (Å²) in [5.41, 5.74) is 1.43. The Kier molecular flexibility index (Phi) is 8.68. The van der Waals surface area contributed by atoms with E-state index >= 15 is 0 Å². The van der Waals surface area contributed by atoms with Gasteiger partial charge in [-0.25, -0.2) is 12.7 Å². The zero-order valence-electron chi connectivity index (χ0n) is 22.1. The van der Waals surface area contributed by atoms with Gasteiger partial charge in [0.15, 0.2) is 0 Å². The average molecular weight is 615 g/mol. The van der Waals surface area contributed by atoms with Gasteiger partial charge in [0.1, 0.15) is 17.5 Å². The van der Waals surface area contributed by atoms with Crippen LogP contribution in [0.5, 0.6) is 0 Å². The van der Waals surface area contributed by atoms with Crippen LogP contribution in [0.4, 0.5) is 0 Å². The number of halogens is 2. The fourth-order valence-corrected chi connectivity index (χ4v) is 7.20. The largest absolute Gasteiger partial charge is 0.352 e. The monoisotopic (exact) mass is 613 g/mol. The Balaban J connectivity index is 1.51. The van der Waals surface area contributed by atoms with E-state index in [1.54, 1.807) is 24.3 Å². The SMILES string of the molecule is O=C(NC1CCCC1)C(Cc1ccccc1)N(Cc1ccc(Cl)c(Cl)c1)C(=O)CN1C(=O)c2ccccc2S1(=O)=O. The van der Waals surface area contributed by atoms with Crippen LogP contribution >= 0.6 is 23.2 Å². The number of carbonyl (C=O) groups is 3. The fourth-order valence-electron chi connectivity index (χ4n) is 5.36. The molecular weight excluding hydrogens is 585 g/mol. The van der Waals surface area contributed by atoms with Crippen LogP contribution in [0.1, 0.15) is 47.2 Å². The average Bonchev–Trinajstić information content (AvgIpc) is 3.54. The molecule has 2 aliphatic rings. The van der Waals surface area contributed by atoms with E-state index in [-0.39, 0.29) is 40.4 Å². The molecule has 1 aliphatic carbocycles. The van der Waals surface area contributed by atoms with Crippen molar-refractivity contribution in [2.24, 2.45) is 0 Å². The third kappa shape index (κ3) is 6.27. The molecule has 3 aromatic carbocycles. The Labute approximate surface area is 249 Å². The molecule has 41 heavy (non-hydrogen) atoms. The predicted molar refractivity (Wildman–Crippen MR) is 156 cm³/mol. The van der Waals surface area contributed by atoms with Gasteiger partial charge in [0.25, 0.3) is 15.9 Å². The van der Waals surface area contributed by atoms with Gasteiger partial charge in [-0.3, -0.25) is 14.4 Å². The van der Waals surface area contributed by atoms with E-state index in [2.05, 4.69) is 5.32 Å². The number of benzene rings is 3. The first-order valence-corrected chi connectivity index (χ1v) is 15.6. The topological polar surface area (TPSA) is 104 Å². The molecule has 1 saturated carbocycles. The number of amides is 3. The molecule has 0 aromatic heterocycles. The van der Waals surface area contributed by atoms with E-state index in [0.29, 0.717) is 14.9 Å². The Morgan fingerprint density at radius 2 is 1.61 bits per heavy atom. The van der Waals surface area contributed by atoms with Crippen LogP contribution in [-0.4, -0.2) is 54.0 Å². The van der Waals surface area contributed by atoms with Crippen molar-refractivity contribution in [1.29, 1.82) is 0 Å². The maximum absolute atomic E-state index is 14.0. The zero-order chi connectivity index (χ0) is 29.1.